The summed E-state index contributed by atoms with van der Waals surface area (Å²) in [5, 5.41) is 2.41. The number of allylic oxidation sites excluding steroid dienone is 1. The second-order valence-corrected chi connectivity index (χ2v) is 7.56. The lowest BCUT2D eigenvalue weighted by molar-refractivity contribution is 0.0504. The number of thioether (sulfide) groups is 1. The van der Waals surface area contributed by atoms with Gasteiger partial charge in [-0.1, -0.05) is 11.8 Å². The average Bonchev–Trinajstić information content (AvgIpc) is 2.41. The molecule has 1 aliphatic heterocycles. The molecule has 0 fully saturated rings. The van der Waals surface area contributed by atoms with Crippen LogP contribution in [-0.4, -0.2) is 31.6 Å². The fourth-order valence-corrected chi connectivity index (χ4v) is 3.32. The van der Waals surface area contributed by atoms with Gasteiger partial charge in [-0.05, 0) is 27.7 Å². The van der Waals surface area contributed by atoms with Gasteiger partial charge in [-0.3, -0.25) is 9.99 Å². The van der Waals surface area contributed by atoms with Crippen LogP contribution in [0, 0.1) is 0 Å². The Kier molecular flexibility index (Phi) is 4.38. The number of hydrogen-bond acceptors (Lipinski definition) is 4. The van der Waals surface area contributed by atoms with E-state index in [1.54, 1.807) is 27.7 Å². The first-order valence-corrected chi connectivity index (χ1v) is 7.62. The van der Waals surface area contributed by atoms with E-state index in [0.717, 1.165) is 16.4 Å². The van der Waals surface area contributed by atoms with Crippen molar-refractivity contribution in [3.63, 3.8) is 0 Å². The van der Waals surface area contributed by atoms with Gasteiger partial charge in [-0.15, -0.1) is 0 Å². The molecule has 0 aromatic carbocycles. The topological polar surface area (TPSA) is 99.1 Å². The molecule has 3 N–H and O–H groups in total. The third-order valence-corrected chi connectivity index (χ3v) is 3.94. The number of rotatable bonds is 2. The van der Waals surface area contributed by atoms with Crippen LogP contribution in [-0.2, 0) is 9.30 Å². The minimum absolute atomic E-state index is 0.664. The first kappa shape index (κ1) is 15.4. The van der Waals surface area contributed by atoms with Crippen molar-refractivity contribution in [3.8, 4) is 0 Å². The molecule has 7 nitrogen and oxygen atoms in total. The van der Waals surface area contributed by atoms with Crippen LogP contribution in [0.15, 0.2) is 11.1 Å². The van der Waals surface area contributed by atoms with Gasteiger partial charge in [0.05, 0.1) is 0 Å². The highest BCUT2D eigenvalue weighted by molar-refractivity contribution is 8.04. The molecule has 0 saturated carbocycles. The molecule has 1 aliphatic rings. The highest BCUT2D eigenvalue weighted by atomic mass is 32.2. The highest BCUT2D eigenvalue weighted by Gasteiger charge is 2.36. The van der Waals surface area contributed by atoms with E-state index >= 15 is 0 Å². The number of carbonyl (C=O) groups excluding carboxylic acids is 1. The van der Waals surface area contributed by atoms with Crippen LogP contribution in [0.2, 0.25) is 0 Å². The number of alkyl carbamates (subject to hydrolysis) is 1. The van der Waals surface area contributed by atoms with Crippen LogP contribution in [0.25, 0.3) is 0 Å². The maximum absolute atomic E-state index is 11.5. The Morgan fingerprint density at radius 1 is 1.56 bits per heavy atom. The van der Waals surface area contributed by atoms with Crippen LogP contribution < -0.4 is 5.32 Å². The summed E-state index contributed by atoms with van der Waals surface area (Å²) in [4.78, 5) is 30.5. The van der Waals surface area contributed by atoms with E-state index in [1.165, 1.54) is 6.20 Å². The zero-order valence-electron chi connectivity index (χ0n) is 10.6. The molecule has 9 heteroatoms. The fraction of sp³-hybridized carbons (Fsp3) is 0.667. The molecule has 1 unspecified atom stereocenters. The first-order valence-electron chi connectivity index (χ1n) is 5.18. The van der Waals surface area contributed by atoms with E-state index in [2.05, 4.69) is 5.32 Å². The van der Waals surface area contributed by atoms with Gasteiger partial charge in [-0.2, -0.15) is 0 Å². The van der Waals surface area contributed by atoms with Crippen LogP contribution in [0.4, 0.5) is 4.79 Å². The Labute approximate surface area is 110 Å². The molecule has 0 saturated heterocycles. The van der Waals surface area contributed by atoms with Gasteiger partial charge >= 0.3 is 13.8 Å². The summed E-state index contributed by atoms with van der Waals surface area (Å²) < 4.78 is 17.1. The summed E-state index contributed by atoms with van der Waals surface area (Å²) in [5.41, 5.74) is -1.52. The molecule has 0 radical (unpaired) electrons. The molecule has 1 heterocycles. The second kappa shape index (κ2) is 5.13. The quantitative estimate of drug-likeness (QED) is 0.668. The molecule has 18 heavy (non-hydrogen) atoms. The Bertz CT molecular complexity index is 414. The zero-order valence-corrected chi connectivity index (χ0v) is 12.3. The van der Waals surface area contributed by atoms with Crippen molar-refractivity contribution in [1.82, 2.24) is 9.99 Å². The van der Waals surface area contributed by atoms with Crippen molar-refractivity contribution >= 4 is 25.6 Å². The fourth-order valence-electron chi connectivity index (χ4n) is 1.23. The predicted octanol–water partition coefficient (Wildman–Crippen LogP) is 1.80. The molecule has 1 amide bonds. The third kappa shape index (κ3) is 4.53. The first-order chi connectivity index (χ1) is 7.99. The van der Waals surface area contributed by atoms with Crippen LogP contribution in [0.1, 0.15) is 27.7 Å². The summed E-state index contributed by atoms with van der Waals surface area (Å²) in [6.45, 7) is 6.82. The van der Waals surface area contributed by atoms with E-state index in [-0.39, 0.29) is 0 Å². The average molecular weight is 296 g/mol. The molecule has 0 aliphatic carbocycles. The minimum Gasteiger partial charge on any atom is -0.444 e. The number of hydrogen-bond donors (Lipinski definition) is 3. The predicted molar refractivity (Wildman–Crippen MR) is 68.4 cm³/mol. The van der Waals surface area contributed by atoms with Crippen molar-refractivity contribution in [2.45, 2.75) is 38.8 Å². The highest BCUT2D eigenvalue weighted by Crippen LogP contribution is 2.49. The summed E-state index contributed by atoms with van der Waals surface area (Å²) in [7, 11) is -4.45. The Morgan fingerprint density at radius 2 is 2.11 bits per heavy atom. The van der Waals surface area contributed by atoms with Gasteiger partial charge in [0.15, 0.2) is 5.50 Å². The lowest BCUT2D eigenvalue weighted by atomic mass is 10.2. The molecule has 0 aromatic rings. The Balaban J connectivity index is 2.68. The Hall–Kier alpha value is -0.690. The van der Waals surface area contributed by atoms with E-state index in [0.29, 0.717) is 4.91 Å². The molecule has 0 bridgehead atoms. The molecule has 104 valence electrons. The molecule has 1 atom stereocenters. The number of nitrogens with one attached hydrogen (secondary N) is 1. The van der Waals surface area contributed by atoms with Gasteiger partial charge in [0.2, 0.25) is 0 Å². The second-order valence-electron chi connectivity index (χ2n) is 4.75. The lowest BCUT2D eigenvalue weighted by Crippen LogP contribution is -2.42. The third-order valence-electron chi connectivity index (χ3n) is 1.79. The number of ether oxygens (including phenoxy) is 1. The number of carbonyl (C=O) groups is 1. The lowest BCUT2D eigenvalue weighted by Gasteiger charge is -2.27. The van der Waals surface area contributed by atoms with Gasteiger partial charge in [-0.25, -0.2) is 9.36 Å². The van der Waals surface area contributed by atoms with Gasteiger partial charge in [0.1, 0.15) is 5.60 Å². The van der Waals surface area contributed by atoms with Crippen molar-refractivity contribution in [2.24, 2.45) is 0 Å². The molecule has 0 spiro atoms. The maximum Gasteiger partial charge on any atom is 0.432 e. The number of nitrogens with zero attached hydrogens (tertiary/aromatic N) is 1. The molecule has 0 aromatic heterocycles. The summed E-state index contributed by atoms with van der Waals surface area (Å²) in [6.07, 6.45) is 0.592. The minimum atomic E-state index is -4.45. The molecule has 1 rings (SSSR count). The van der Waals surface area contributed by atoms with E-state index in [9.17, 15) is 9.36 Å². The largest absolute Gasteiger partial charge is 0.444 e. The molecular formula is C9H17N2O5PS. The summed E-state index contributed by atoms with van der Waals surface area (Å²) in [5.74, 6) is 0. The summed E-state index contributed by atoms with van der Waals surface area (Å²) in [6, 6.07) is 0. The normalized spacial score (nSPS) is 20.7. The molecular weight excluding hydrogens is 279 g/mol. The van der Waals surface area contributed by atoms with E-state index in [4.69, 9.17) is 14.5 Å². The summed E-state index contributed by atoms with van der Waals surface area (Å²) >= 11 is 1.14. The van der Waals surface area contributed by atoms with Gasteiger partial charge < -0.3 is 14.5 Å². The van der Waals surface area contributed by atoms with Crippen LogP contribution in [0.3, 0.4) is 0 Å². The van der Waals surface area contributed by atoms with E-state index < -0.39 is 24.9 Å². The van der Waals surface area contributed by atoms with Crippen molar-refractivity contribution in [3.05, 3.63) is 11.1 Å². The smallest absolute Gasteiger partial charge is 0.432 e. The van der Waals surface area contributed by atoms with E-state index in [1.807, 2.05) is 0 Å². The van der Waals surface area contributed by atoms with Crippen LogP contribution >= 0.6 is 19.5 Å². The van der Waals surface area contributed by atoms with Gasteiger partial charge in [0, 0.05) is 11.1 Å². The number of amides is 1. The SMILES string of the molecule is CC1=CN(P(=O)(O)O)C(NC(=O)OC(C)(C)C)S1. The Morgan fingerprint density at radius 3 is 2.56 bits per heavy atom. The van der Waals surface area contributed by atoms with Crippen molar-refractivity contribution in [2.75, 3.05) is 0 Å². The van der Waals surface area contributed by atoms with Crippen LogP contribution in [0.5, 0.6) is 0 Å². The standard InChI is InChI=1S/C9H17N2O5PS/c1-6-5-11(17(13,14)15)7(18-6)10-8(12)16-9(2,3)4/h5,7H,1-4H3,(H,10,12)(H2,13,14,15). The zero-order chi connectivity index (χ0) is 14.1. The van der Waals surface area contributed by atoms with Crippen molar-refractivity contribution in [1.29, 1.82) is 0 Å². The van der Waals surface area contributed by atoms with Gasteiger partial charge in [0.25, 0.3) is 0 Å². The monoisotopic (exact) mass is 296 g/mol. The van der Waals surface area contributed by atoms with Crippen molar-refractivity contribution < 1.29 is 23.9 Å². The maximum atomic E-state index is 11.5.